The van der Waals surface area contributed by atoms with Gasteiger partial charge in [0.25, 0.3) is 5.91 Å². The van der Waals surface area contributed by atoms with Crippen molar-refractivity contribution in [2.24, 2.45) is 5.73 Å². The summed E-state index contributed by atoms with van der Waals surface area (Å²) in [7, 11) is 0. The number of hydrogen-bond donors (Lipinski definition) is 2. The minimum atomic E-state index is -0.440. The number of nitrogens with two attached hydrogens (primary N) is 1. The summed E-state index contributed by atoms with van der Waals surface area (Å²) in [6, 6.07) is 15.9. The van der Waals surface area contributed by atoms with Crippen LogP contribution in [0.5, 0.6) is 0 Å². The van der Waals surface area contributed by atoms with E-state index in [-0.39, 0.29) is 0 Å². The number of carbonyl (C=O) groups excluding carboxylic acids is 1. The maximum atomic E-state index is 12.0. The molecule has 0 aliphatic carbocycles. The van der Waals surface area contributed by atoms with Crippen LogP contribution in [-0.4, -0.2) is 24.2 Å². The van der Waals surface area contributed by atoms with Gasteiger partial charge in [0.05, 0.1) is 12.1 Å². The SMILES string of the molecule is Cc1ccc(-c2cc(CNc3ccc(N4CCCCC4)cc3C(N)=O)on2)cc1. The molecule has 0 bridgehead atoms. The van der Waals surface area contributed by atoms with Gasteiger partial charge >= 0.3 is 0 Å². The second-order valence-electron chi connectivity index (χ2n) is 7.54. The van der Waals surface area contributed by atoms with E-state index < -0.39 is 5.91 Å². The smallest absolute Gasteiger partial charge is 0.250 e. The summed E-state index contributed by atoms with van der Waals surface area (Å²) < 4.78 is 5.45. The Morgan fingerprint density at radius 3 is 2.59 bits per heavy atom. The summed E-state index contributed by atoms with van der Waals surface area (Å²) in [4.78, 5) is 14.3. The molecule has 0 unspecified atom stereocenters. The molecule has 1 fully saturated rings. The molecule has 0 saturated carbocycles. The Morgan fingerprint density at radius 2 is 1.86 bits per heavy atom. The van der Waals surface area contributed by atoms with Crippen molar-refractivity contribution in [3.63, 3.8) is 0 Å². The van der Waals surface area contributed by atoms with E-state index >= 15 is 0 Å². The molecule has 29 heavy (non-hydrogen) atoms. The average Bonchev–Trinajstić information content (AvgIpc) is 3.22. The lowest BCUT2D eigenvalue weighted by Gasteiger charge is -2.29. The van der Waals surface area contributed by atoms with E-state index in [4.69, 9.17) is 10.3 Å². The van der Waals surface area contributed by atoms with Crippen molar-refractivity contribution < 1.29 is 9.32 Å². The molecule has 150 valence electrons. The number of aromatic nitrogens is 1. The molecule has 1 aliphatic heterocycles. The maximum absolute atomic E-state index is 12.0. The van der Waals surface area contributed by atoms with Crippen LogP contribution in [0.3, 0.4) is 0 Å². The quantitative estimate of drug-likeness (QED) is 0.654. The predicted molar refractivity (Wildman–Crippen MR) is 115 cm³/mol. The minimum Gasteiger partial charge on any atom is -0.377 e. The lowest BCUT2D eigenvalue weighted by atomic mass is 10.1. The van der Waals surface area contributed by atoms with Gasteiger partial charge in [-0.1, -0.05) is 35.0 Å². The first-order valence-electron chi connectivity index (χ1n) is 10.1. The molecule has 1 saturated heterocycles. The predicted octanol–water partition coefficient (Wildman–Crippen LogP) is 4.35. The Bertz CT molecular complexity index is 988. The van der Waals surface area contributed by atoms with Crippen LogP contribution in [0.4, 0.5) is 11.4 Å². The molecule has 2 aromatic carbocycles. The van der Waals surface area contributed by atoms with Gasteiger partial charge in [-0.2, -0.15) is 0 Å². The zero-order valence-corrected chi connectivity index (χ0v) is 16.6. The van der Waals surface area contributed by atoms with Gasteiger partial charge in [-0.25, -0.2) is 0 Å². The summed E-state index contributed by atoms with van der Waals surface area (Å²) >= 11 is 0. The third-order valence-electron chi connectivity index (χ3n) is 5.35. The monoisotopic (exact) mass is 390 g/mol. The Kier molecular flexibility index (Phi) is 5.51. The zero-order chi connectivity index (χ0) is 20.2. The number of primary amides is 1. The molecule has 0 spiro atoms. The molecule has 1 aliphatic rings. The lowest BCUT2D eigenvalue weighted by Crippen LogP contribution is -2.29. The Morgan fingerprint density at radius 1 is 1.10 bits per heavy atom. The number of amides is 1. The van der Waals surface area contributed by atoms with Crippen molar-refractivity contribution in [1.82, 2.24) is 5.16 Å². The second-order valence-corrected chi connectivity index (χ2v) is 7.54. The van der Waals surface area contributed by atoms with Crippen molar-refractivity contribution in [2.45, 2.75) is 32.7 Å². The Labute approximate surface area is 170 Å². The highest BCUT2D eigenvalue weighted by molar-refractivity contribution is 5.99. The van der Waals surface area contributed by atoms with Gasteiger partial charge in [-0.15, -0.1) is 0 Å². The highest BCUT2D eigenvalue weighted by Crippen LogP contribution is 2.26. The van der Waals surface area contributed by atoms with E-state index in [1.807, 2.05) is 48.5 Å². The van der Waals surface area contributed by atoms with Crippen molar-refractivity contribution in [3.8, 4) is 11.3 Å². The molecule has 6 nitrogen and oxygen atoms in total. The highest BCUT2D eigenvalue weighted by atomic mass is 16.5. The van der Waals surface area contributed by atoms with Crippen LogP contribution in [0.25, 0.3) is 11.3 Å². The molecule has 2 heterocycles. The van der Waals surface area contributed by atoms with Crippen LogP contribution in [-0.2, 0) is 6.54 Å². The summed E-state index contributed by atoms with van der Waals surface area (Å²) in [6.07, 6.45) is 3.63. The number of piperidine rings is 1. The van der Waals surface area contributed by atoms with Crippen LogP contribution in [0.1, 0.15) is 40.9 Å². The van der Waals surface area contributed by atoms with E-state index in [1.165, 1.54) is 24.8 Å². The van der Waals surface area contributed by atoms with Gasteiger partial charge in [0, 0.05) is 36.1 Å². The molecule has 4 rings (SSSR count). The van der Waals surface area contributed by atoms with E-state index in [0.717, 1.165) is 30.0 Å². The van der Waals surface area contributed by atoms with E-state index in [1.54, 1.807) is 0 Å². The fourth-order valence-corrected chi connectivity index (χ4v) is 3.68. The normalized spacial score (nSPS) is 14.0. The van der Waals surface area contributed by atoms with Crippen molar-refractivity contribution in [1.29, 1.82) is 0 Å². The van der Waals surface area contributed by atoms with Gasteiger partial charge in [-0.05, 0) is 44.4 Å². The van der Waals surface area contributed by atoms with Crippen molar-refractivity contribution >= 4 is 17.3 Å². The number of carbonyl (C=O) groups is 1. The molecule has 1 aromatic heterocycles. The van der Waals surface area contributed by atoms with Gasteiger partial charge in [-0.3, -0.25) is 4.79 Å². The van der Waals surface area contributed by atoms with Gasteiger partial charge in [0.1, 0.15) is 5.69 Å². The first-order chi connectivity index (χ1) is 14.1. The molecule has 3 N–H and O–H groups in total. The minimum absolute atomic E-state index is 0.419. The number of rotatable bonds is 6. The lowest BCUT2D eigenvalue weighted by molar-refractivity contribution is 0.100. The fourth-order valence-electron chi connectivity index (χ4n) is 3.68. The molecular formula is C23H26N4O2. The molecule has 3 aromatic rings. The zero-order valence-electron chi connectivity index (χ0n) is 16.6. The topological polar surface area (TPSA) is 84.4 Å². The van der Waals surface area contributed by atoms with E-state index in [0.29, 0.717) is 23.6 Å². The Balaban J connectivity index is 1.48. The van der Waals surface area contributed by atoms with Crippen LogP contribution in [0.2, 0.25) is 0 Å². The summed E-state index contributed by atoms with van der Waals surface area (Å²) in [5, 5.41) is 7.41. The molecule has 1 amide bonds. The highest BCUT2D eigenvalue weighted by Gasteiger charge is 2.16. The number of anilines is 2. The van der Waals surface area contributed by atoms with Crippen molar-refractivity contribution in [2.75, 3.05) is 23.3 Å². The largest absolute Gasteiger partial charge is 0.377 e. The molecule has 6 heteroatoms. The number of nitrogens with one attached hydrogen (secondary N) is 1. The fraction of sp³-hybridized carbons (Fsp3) is 0.304. The summed E-state index contributed by atoms with van der Waals surface area (Å²) in [5.41, 5.74) is 10.9. The standard InChI is InChI=1S/C23H26N4O2/c1-16-5-7-17(8-6-16)22-14-19(29-26-22)15-25-21-10-9-18(13-20(21)23(24)28)27-11-3-2-4-12-27/h5-10,13-14,25H,2-4,11-12,15H2,1H3,(H2,24,28). The second kappa shape index (κ2) is 8.39. The first-order valence-corrected chi connectivity index (χ1v) is 10.1. The van der Waals surface area contributed by atoms with Crippen LogP contribution >= 0.6 is 0 Å². The molecule has 0 atom stereocenters. The van der Waals surface area contributed by atoms with E-state index in [2.05, 4.69) is 22.3 Å². The number of aryl methyl sites for hydroxylation is 1. The number of hydrogen-bond acceptors (Lipinski definition) is 5. The van der Waals surface area contributed by atoms with Crippen LogP contribution in [0, 0.1) is 6.92 Å². The average molecular weight is 390 g/mol. The number of benzene rings is 2. The molecular weight excluding hydrogens is 364 g/mol. The van der Waals surface area contributed by atoms with Crippen LogP contribution < -0.4 is 16.0 Å². The van der Waals surface area contributed by atoms with Crippen LogP contribution in [0.15, 0.2) is 53.1 Å². The van der Waals surface area contributed by atoms with Crippen molar-refractivity contribution in [3.05, 3.63) is 65.4 Å². The summed E-state index contributed by atoms with van der Waals surface area (Å²) in [6.45, 7) is 4.51. The molecule has 0 radical (unpaired) electrons. The van der Waals surface area contributed by atoms with Gasteiger partial charge < -0.3 is 20.5 Å². The maximum Gasteiger partial charge on any atom is 0.250 e. The third-order valence-corrected chi connectivity index (χ3v) is 5.35. The number of nitrogens with zero attached hydrogens (tertiary/aromatic N) is 2. The van der Waals surface area contributed by atoms with E-state index in [9.17, 15) is 4.79 Å². The Hall–Kier alpha value is -3.28. The first kappa shape index (κ1) is 19.1. The van der Waals surface area contributed by atoms with Gasteiger partial charge in [0.15, 0.2) is 5.76 Å². The van der Waals surface area contributed by atoms with Gasteiger partial charge in [0.2, 0.25) is 0 Å². The third kappa shape index (κ3) is 4.42. The summed E-state index contributed by atoms with van der Waals surface area (Å²) in [5.74, 6) is 0.250.